The molecule has 3 rings (SSSR count). The normalized spacial score (nSPS) is 19.5. The molecule has 0 spiro atoms. The van der Waals surface area contributed by atoms with Crippen molar-refractivity contribution in [2.75, 3.05) is 26.7 Å². The standard InChI is InChI=1S/C18H19F3N2O2S.ClH/c1-22-10-11-23(17(13-22)14-6-3-2-4-7-14)26(24,25)16-9-5-8-15(12-16)18(19,20)21;/h2-9,12,17H,10-11,13H2,1H3;1H. The van der Waals surface area contributed by atoms with Crippen molar-refractivity contribution in [1.82, 2.24) is 9.21 Å². The first-order valence-electron chi connectivity index (χ1n) is 8.12. The predicted molar refractivity (Wildman–Crippen MR) is 99.3 cm³/mol. The van der Waals surface area contributed by atoms with Crippen LogP contribution in [0.15, 0.2) is 59.5 Å². The smallest absolute Gasteiger partial charge is 0.303 e. The number of hydrogen-bond donors (Lipinski definition) is 0. The number of hydrogen-bond acceptors (Lipinski definition) is 3. The topological polar surface area (TPSA) is 40.6 Å². The molecule has 9 heteroatoms. The van der Waals surface area contributed by atoms with Gasteiger partial charge in [-0.3, -0.25) is 0 Å². The molecule has 1 aliphatic heterocycles. The molecule has 1 heterocycles. The van der Waals surface area contributed by atoms with Crippen LogP contribution < -0.4 is 0 Å². The summed E-state index contributed by atoms with van der Waals surface area (Å²) in [6.07, 6.45) is -4.59. The highest BCUT2D eigenvalue weighted by Crippen LogP contribution is 2.34. The van der Waals surface area contributed by atoms with Gasteiger partial charge in [-0.1, -0.05) is 36.4 Å². The molecule has 0 bridgehead atoms. The van der Waals surface area contributed by atoms with Crippen LogP contribution in [0.2, 0.25) is 0 Å². The Labute approximate surface area is 163 Å². The number of piperazine rings is 1. The first kappa shape index (κ1) is 21.7. The van der Waals surface area contributed by atoms with Crippen LogP contribution in [0, 0.1) is 0 Å². The van der Waals surface area contributed by atoms with Crippen molar-refractivity contribution in [1.29, 1.82) is 0 Å². The van der Waals surface area contributed by atoms with E-state index in [-0.39, 0.29) is 23.8 Å². The van der Waals surface area contributed by atoms with E-state index in [2.05, 4.69) is 0 Å². The maximum atomic E-state index is 13.1. The van der Waals surface area contributed by atoms with Crippen LogP contribution >= 0.6 is 12.4 Å². The summed E-state index contributed by atoms with van der Waals surface area (Å²) in [5.74, 6) is 0. The molecular weight excluding hydrogens is 401 g/mol. The number of nitrogens with zero attached hydrogens (tertiary/aromatic N) is 2. The van der Waals surface area contributed by atoms with Gasteiger partial charge in [-0.2, -0.15) is 17.5 Å². The minimum absolute atomic E-state index is 0. The molecule has 1 fully saturated rings. The fraction of sp³-hybridized carbons (Fsp3) is 0.333. The van der Waals surface area contributed by atoms with Crippen molar-refractivity contribution in [2.45, 2.75) is 17.1 Å². The van der Waals surface area contributed by atoms with E-state index in [4.69, 9.17) is 0 Å². The van der Waals surface area contributed by atoms with Crippen molar-refractivity contribution in [3.63, 3.8) is 0 Å². The molecule has 0 saturated carbocycles. The van der Waals surface area contributed by atoms with E-state index in [9.17, 15) is 21.6 Å². The van der Waals surface area contributed by atoms with E-state index in [0.717, 1.165) is 17.7 Å². The molecule has 0 radical (unpaired) electrons. The molecule has 2 aromatic carbocycles. The zero-order chi connectivity index (χ0) is 18.9. The number of likely N-dealkylation sites (N-methyl/N-ethyl adjacent to an activating group) is 1. The second-order valence-electron chi connectivity index (χ2n) is 6.33. The third kappa shape index (κ3) is 4.63. The summed E-state index contributed by atoms with van der Waals surface area (Å²) >= 11 is 0. The lowest BCUT2D eigenvalue weighted by Gasteiger charge is -2.39. The summed E-state index contributed by atoms with van der Waals surface area (Å²) in [7, 11) is -2.17. The SMILES string of the molecule is CN1CCN(S(=O)(=O)c2cccc(C(F)(F)F)c2)C(c2ccccc2)C1.Cl. The van der Waals surface area contributed by atoms with Crippen LogP contribution in [-0.4, -0.2) is 44.3 Å². The monoisotopic (exact) mass is 420 g/mol. The molecule has 0 amide bonds. The Morgan fingerprint density at radius 2 is 1.67 bits per heavy atom. The lowest BCUT2D eigenvalue weighted by atomic mass is 10.1. The van der Waals surface area contributed by atoms with Crippen LogP contribution in [0.3, 0.4) is 0 Å². The summed E-state index contributed by atoms with van der Waals surface area (Å²) in [6, 6.07) is 12.6. The van der Waals surface area contributed by atoms with Gasteiger partial charge in [0.1, 0.15) is 0 Å². The van der Waals surface area contributed by atoms with Crippen molar-refractivity contribution < 1.29 is 21.6 Å². The molecule has 4 nitrogen and oxygen atoms in total. The van der Waals surface area contributed by atoms with Crippen LogP contribution in [-0.2, 0) is 16.2 Å². The fourth-order valence-corrected chi connectivity index (χ4v) is 4.75. The Kier molecular flexibility index (Phi) is 6.57. The Bertz CT molecular complexity index is 876. The zero-order valence-electron chi connectivity index (χ0n) is 14.6. The van der Waals surface area contributed by atoms with E-state index in [1.807, 2.05) is 42.3 Å². The highest BCUT2D eigenvalue weighted by Gasteiger charge is 2.37. The maximum absolute atomic E-state index is 13.1. The van der Waals surface area contributed by atoms with Crippen LogP contribution in [0.25, 0.3) is 0 Å². The van der Waals surface area contributed by atoms with Gasteiger partial charge < -0.3 is 4.90 Å². The summed E-state index contributed by atoms with van der Waals surface area (Å²) in [4.78, 5) is 1.67. The molecule has 27 heavy (non-hydrogen) atoms. The summed E-state index contributed by atoms with van der Waals surface area (Å²) < 4.78 is 66.4. The molecule has 1 aliphatic rings. The lowest BCUT2D eigenvalue weighted by Crippen LogP contribution is -2.49. The van der Waals surface area contributed by atoms with Gasteiger partial charge in [-0.25, -0.2) is 8.42 Å². The molecule has 148 valence electrons. The van der Waals surface area contributed by atoms with Crippen LogP contribution in [0.5, 0.6) is 0 Å². The van der Waals surface area contributed by atoms with E-state index >= 15 is 0 Å². The highest BCUT2D eigenvalue weighted by molar-refractivity contribution is 7.89. The van der Waals surface area contributed by atoms with Gasteiger partial charge in [0.2, 0.25) is 10.0 Å². The minimum atomic E-state index is -4.59. The van der Waals surface area contributed by atoms with Gasteiger partial charge in [0.15, 0.2) is 0 Å². The largest absolute Gasteiger partial charge is 0.416 e. The second kappa shape index (κ2) is 8.18. The number of rotatable bonds is 3. The molecule has 0 aliphatic carbocycles. The van der Waals surface area contributed by atoms with E-state index in [1.165, 1.54) is 10.4 Å². The van der Waals surface area contributed by atoms with Crippen molar-refractivity contribution in [3.05, 3.63) is 65.7 Å². The maximum Gasteiger partial charge on any atom is 0.416 e. The molecule has 1 saturated heterocycles. The van der Waals surface area contributed by atoms with Gasteiger partial charge in [0, 0.05) is 19.6 Å². The number of benzene rings is 2. The third-order valence-corrected chi connectivity index (χ3v) is 6.39. The Morgan fingerprint density at radius 1 is 1.00 bits per heavy atom. The first-order chi connectivity index (χ1) is 12.2. The highest BCUT2D eigenvalue weighted by atomic mass is 35.5. The van der Waals surface area contributed by atoms with Gasteiger partial charge in [-0.05, 0) is 30.8 Å². The van der Waals surface area contributed by atoms with Gasteiger partial charge >= 0.3 is 6.18 Å². The molecular formula is C18H20ClF3N2O2S. The van der Waals surface area contributed by atoms with E-state index in [1.54, 1.807) is 0 Å². The fourth-order valence-electron chi connectivity index (χ4n) is 3.11. The van der Waals surface area contributed by atoms with Crippen LogP contribution in [0.4, 0.5) is 13.2 Å². The third-order valence-electron chi connectivity index (χ3n) is 4.49. The van der Waals surface area contributed by atoms with Gasteiger partial charge in [0.25, 0.3) is 0 Å². The zero-order valence-corrected chi connectivity index (χ0v) is 16.2. The van der Waals surface area contributed by atoms with Crippen LogP contribution in [0.1, 0.15) is 17.2 Å². The van der Waals surface area contributed by atoms with E-state index < -0.39 is 27.8 Å². The average Bonchev–Trinajstić information content (AvgIpc) is 2.61. The second-order valence-corrected chi connectivity index (χ2v) is 8.22. The summed E-state index contributed by atoms with van der Waals surface area (Å²) in [6.45, 7) is 1.21. The number of sulfonamides is 1. The van der Waals surface area contributed by atoms with Crippen molar-refractivity contribution >= 4 is 22.4 Å². The molecule has 1 atom stereocenters. The van der Waals surface area contributed by atoms with Crippen molar-refractivity contribution in [2.24, 2.45) is 0 Å². The number of halogens is 4. The van der Waals surface area contributed by atoms with Gasteiger partial charge in [0.05, 0.1) is 16.5 Å². The Balaban J connectivity index is 0.00000261. The molecule has 0 N–H and O–H groups in total. The minimum Gasteiger partial charge on any atom is -0.303 e. The number of alkyl halides is 3. The first-order valence-corrected chi connectivity index (χ1v) is 9.56. The van der Waals surface area contributed by atoms with E-state index in [0.29, 0.717) is 19.2 Å². The molecule has 0 aromatic heterocycles. The van der Waals surface area contributed by atoms with Gasteiger partial charge in [-0.15, -0.1) is 12.4 Å². The Hall–Kier alpha value is -1.61. The lowest BCUT2D eigenvalue weighted by molar-refractivity contribution is -0.137. The predicted octanol–water partition coefficient (Wildman–Crippen LogP) is 3.80. The molecule has 1 unspecified atom stereocenters. The quantitative estimate of drug-likeness (QED) is 0.758. The van der Waals surface area contributed by atoms with Crippen molar-refractivity contribution in [3.8, 4) is 0 Å². The average molecular weight is 421 g/mol. The molecule has 2 aromatic rings. The Morgan fingerprint density at radius 3 is 2.30 bits per heavy atom. The summed E-state index contributed by atoms with van der Waals surface area (Å²) in [5, 5.41) is 0. The summed E-state index contributed by atoms with van der Waals surface area (Å²) in [5.41, 5.74) is -0.154.